The molecule has 2 aromatic rings. The molecule has 1 saturated heterocycles. The third-order valence-electron chi connectivity index (χ3n) is 5.14. The number of nitrogens with zero attached hydrogens (tertiary/aromatic N) is 5. The molecule has 4 rings (SSSR count). The number of amides is 2. The van der Waals surface area contributed by atoms with Gasteiger partial charge in [0.2, 0.25) is 5.16 Å². The Kier molecular flexibility index (Phi) is 7.32. The summed E-state index contributed by atoms with van der Waals surface area (Å²) >= 11 is 2.10. The number of fused-ring (bicyclic) bond motifs is 1. The molecule has 0 radical (unpaired) electrons. The minimum Gasteiger partial charge on any atom is -0.477 e. The van der Waals surface area contributed by atoms with Gasteiger partial charge in [0, 0.05) is 11.5 Å². The van der Waals surface area contributed by atoms with Gasteiger partial charge in [0.05, 0.1) is 0 Å². The number of β-lactam (4-membered cyclic amide) rings is 1. The number of carbonyl (C=O) groups excluding carboxylic acids is 2. The van der Waals surface area contributed by atoms with E-state index < -0.39 is 57.1 Å². The van der Waals surface area contributed by atoms with Crippen LogP contribution in [-0.2, 0) is 30.4 Å². The van der Waals surface area contributed by atoms with Crippen LogP contribution in [0.25, 0.3) is 0 Å². The highest BCUT2D eigenvalue weighted by molar-refractivity contribution is 8.01. The van der Waals surface area contributed by atoms with E-state index in [1.165, 1.54) is 23.9 Å². The Bertz CT molecular complexity index is 1350. The second kappa shape index (κ2) is 10.1. The van der Waals surface area contributed by atoms with Crippen LogP contribution in [0, 0.1) is 5.82 Å². The second-order valence-electron chi connectivity index (χ2n) is 7.57. The SMILES string of the molecule is O=C(O)C1=C(CSc2nnnn2CS(=O)(=O)O)CS[C@@H]2[C@H](NC(=O)[C@H](O)c3ccc(F)cc3)C(=O)N12. The predicted octanol–water partition coefficient (Wildman–Crippen LogP) is -0.778. The molecule has 0 aliphatic carbocycles. The van der Waals surface area contributed by atoms with E-state index in [4.69, 9.17) is 4.55 Å². The first-order chi connectivity index (χ1) is 17.0. The van der Waals surface area contributed by atoms with Crippen molar-refractivity contribution in [2.75, 3.05) is 11.5 Å². The fourth-order valence-corrected chi connectivity index (χ4v) is 6.44. The molecule has 192 valence electrons. The number of hydrogen-bond acceptors (Lipinski definition) is 11. The van der Waals surface area contributed by atoms with Gasteiger partial charge in [0.15, 0.2) is 12.0 Å². The van der Waals surface area contributed by atoms with Crippen LogP contribution in [0.2, 0.25) is 0 Å². The molecule has 0 bridgehead atoms. The fourth-order valence-electron chi connectivity index (χ4n) is 3.51. The van der Waals surface area contributed by atoms with Crippen LogP contribution in [0.5, 0.6) is 0 Å². The van der Waals surface area contributed by atoms with Gasteiger partial charge in [-0.3, -0.25) is 19.0 Å². The maximum atomic E-state index is 13.1. The Hall–Kier alpha value is -3.06. The number of carbonyl (C=O) groups is 3. The fraction of sp³-hybridized carbons (Fsp3) is 0.333. The molecule has 14 nitrogen and oxygen atoms in total. The van der Waals surface area contributed by atoms with Gasteiger partial charge >= 0.3 is 5.97 Å². The number of hydrogen-bond donors (Lipinski definition) is 4. The maximum absolute atomic E-state index is 13.1. The van der Waals surface area contributed by atoms with E-state index in [0.717, 1.165) is 33.5 Å². The highest BCUT2D eigenvalue weighted by Crippen LogP contribution is 2.41. The molecule has 2 aliphatic heterocycles. The van der Waals surface area contributed by atoms with Crippen molar-refractivity contribution in [1.29, 1.82) is 0 Å². The number of nitrogens with one attached hydrogen (secondary N) is 1. The monoisotopic (exact) mass is 560 g/mol. The lowest BCUT2D eigenvalue weighted by Crippen LogP contribution is -2.70. The summed E-state index contributed by atoms with van der Waals surface area (Å²) in [5.41, 5.74) is 0.171. The minimum absolute atomic E-state index is 0.00269. The van der Waals surface area contributed by atoms with E-state index >= 15 is 0 Å². The molecule has 1 aromatic heterocycles. The van der Waals surface area contributed by atoms with Crippen molar-refractivity contribution in [2.45, 2.75) is 28.6 Å². The van der Waals surface area contributed by atoms with Crippen LogP contribution < -0.4 is 5.32 Å². The van der Waals surface area contributed by atoms with E-state index in [9.17, 15) is 37.4 Å². The lowest BCUT2D eigenvalue weighted by Gasteiger charge is -2.49. The van der Waals surface area contributed by atoms with Crippen LogP contribution >= 0.6 is 23.5 Å². The Labute approximate surface area is 210 Å². The minimum atomic E-state index is -4.42. The number of aliphatic hydroxyl groups excluding tert-OH is 1. The molecule has 0 spiro atoms. The molecule has 1 fully saturated rings. The van der Waals surface area contributed by atoms with Gasteiger partial charge in [-0.2, -0.15) is 8.42 Å². The molecular formula is C18H17FN6O8S3. The van der Waals surface area contributed by atoms with Gasteiger partial charge in [0.1, 0.15) is 22.9 Å². The molecule has 0 unspecified atom stereocenters. The topological polar surface area (TPSA) is 205 Å². The zero-order valence-electron chi connectivity index (χ0n) is 17.9. The molecule has 3 heterocycles. The average Bonchev–Trinajstić information content (AvgIpc) is 3.25. The first-order valence-electron chi connectivity index (χ1n) is 9.94. The van der Waals surface area contributed by atoms with Crippen LogP contribution in [-0.4, -0.2) is 89.0 Å². The number of aliphatic carboxylic acids is 1. The smallest absolute Gasteiger partial charge is 0.352 e. The number of halogens is 1. The number of thioether (sulfide) groups is 2. The van der Waals surface area contributed by atoms with Gasteiger partial charge in [-0.15, -0.1) is 16.9 Å². The van der Waals surface area contributed by atoms with Crippen molar-refractivity contribution in [3.8, 4) is 0 Å². The summed E-state index contributed by atoms with van der Waals surface area (Å²) in [7, 11) is -4.42. The summed E-state index contributed by atoms with van der Waals surface area (Å²) in [6, 6.07) is 3.52. The van der Waals surface area contributed by atoms with E-state index in [1.807, 2.05) is 0 Å². The Morgan fingerprint density at radius 3 is 2.64 bits per heavy atom. The molecule has 0 saturated carbocycles. The Morgan fingerprint density at radius 2 is 2.00 bits per heavy atom. The van der Waals surface area contributed by atoms with E-state index in [1.54, 1.807) is 0 Å². The van der Waals surface area contributed by atoms with Gasteiger partial charge in [-0.1, -0.05) is 23.9 Å². The highest BCUT2D eigenvalue weighted by Gasteiger charge is 2.54. The molecule has 18 heteroatoms. The number of tetrazole rings is 1. The Morgan fingerprint density at radius 1 is 1.31 bits per heavy atom. The normalized spacial score (nSPS) is 20.5. The number of aromatic nitrogens is 4. The number of carboxylic acids is 1. The summed E-state index contributed by atoms with van der Waals surface area (Å²) in [6.45, 7) is 0. The van der Waals surface area contributed by atoms with Crippen molar-refractivity contribution in [3.05, 3.63) is 46.9 Å². The zero-order valence-corrected chi connectivity index (χ0v) is 20.3. The van der Waals surface area contributed by atoms with Crippen LogP contribution in [0.4, 0.5) is 4.39 Å². The number of aliphatic hydroxyl groups is 1. The quantitative estimate of drug-likeness (QED) is 0.169. The van der Waals surface area contributed by atoms with Crippen molar-refractivity contribution in [2.24, 2.45) is 0 Å². The molecule has 1 aromatic carbocycles. The van der Waals surface area contributed by atoms with Crippen molar-refractivity contribution < 1.29 is 42.0 Å². The zero-order chi connectivity index (χ0) is 26.2. The third-order valence-corrected chi connectivity index (χ3v) is 8.10. The van der Waals surface area contributed by atoms with Crippen molar-refractivity contribution in [3.63, 3.8) is 0 Å². The van der Waals surface area contributed by atoms with Crippen molar-refractivity contribution >= 4 is 51.4 Å². The van der Waals surface area contributed by atoms with Gasteiger partial charge in [-0.05, 0) is 33.7 Å². The summed E-state index contributed by atoms with van der Waals surface area (Å²) in [6.07, 6.45) is -1.66. The second-order valence-corrected chi connectivity index (χ2v) is 11.0. The summed E-state index contributed by atoms with van der Waals surface area (Å²) in [5, 5.41) is 32.1. The van der Waals surface area contributed by atoms with Gasteiger partial charge in [0.25, 0.3) is 21.9 Å². The lowest BCUT2D eigenvalue weighted by atomic mass is 10.0. The highest BCUT2D eigenvalue weighted by atomic mass is 32.2. The average molecular weight is 561 g/mol. The standard InChI is InChI=1S/C18H17FN6O8S3/c19-10-3-1-8(2-4-10)13(26)14(27)20-11-15(28)25-12(17(29)30)9(5-34-16(11)25)6-35-18-21-22-23-24(18)7-36(31,32)33/h1-4,11,13,16,26H,5-7H2,(H,20,27)(H,29,30)(H,31,32,33)/t11-,13-,16-/m1/s1. The lowest BCUT2D eigenvalue weighted by molar-refractivity contribution is -0.151. The maximum Gasteiger partial charge on any atom is 0.352 e. The van der Waals surface area contributed by atoms with E-state index in [2.05, 4.69) is 20.8 Å². The van der Waals surface area contributed by atoms with E-state index in [-0.39, 0.29) is 27.9 Å². The van der Waals surface area contributed by atoms with Crippen LogP contribution in [0.15, 0.2) is 40.7 Å². The molecule has 2 aliphatic rings. The molecule has 36 heavy (non-hydrogen) atoms. The molecular weight excluding hydrogens is 543 g/mol. The van der Waals surface area contributed by atoms with Crippen LogP contribution in [0.3, 0.4) is 0 Å². The summed E-state index contributed by atoms with van der Waals surface area (Å²) < 4.78 is 45.1. The number of carboxylic acid groups (broad SMARTS) is 1. The molecule has 3 atom stereocenters. The first kappa shape index (κ1) is 26.0. The third kappa shape index (κ3) is 5.36. The number of rotatable bonds is 9. The summed E-state index contributed by atoms with van der Waals surface area (Å²) in [4.78, 5) is 38.2. The van der Waals surface area contributed by atoms with Gasteiger partial charge in [-0.25, -0.2) is 13.9 Å². The molecule has 2 amide bonds. The first-order valence-corrected chi connectivity index (χ1v) is 13.6. The summed E-state index contributed by atoms with van der Waals surface area (Å²) in [5.74, 6) is -4.24. The van der Waals surface area contributed by atoms with E-state index in [0.29, 0.717) is 5.57 Å². The Balaban J connectivity index is 1.45. The van der Waals surface area contributed by atoms with Crippen molar-refractivity contribution in [1.82, 2.24) is 30.4 Å². The van der Waals surface area contributed by atoms with Gasteiger partial charge < -0.3 is 15.5 Å². The number of benzene rings is 1. The van der Waals surface area contributed by atoms with Crippen LogP contribution in [0.1, 0.15) is 11.7 Å². The predicted molar refractivity (Wildman–Crippen MR) is 121 cm³/mol. The molecule has 4 N–H and O–H groups in total. The largest absolute Gasteiger partial charge is 0.477 e.